The van der Waals surface area contributed by atoms with Crippen LogP contribution in [0.2, 0.25) is 0 Å². The summed E-state index contributed by atoms with van der Waals surface area (Å²) in [6, 6.07) is 14.7. The summed E-state index contributed by atoms with van der Waals surface area (Å²) in [5.41, 5.74) is 8.30. The van der Waals surface area contributed by atoms with E-state index in [4.69, 9.17) is 5.73 Å². The average Bonchev–Trinajstić information content (AvgIpc) is 2.40. The Kier molecular flexibility index (Phi) is 3.95. The normalized spacial score (nSPS) is 10.4. The van der Waals surface area contributed by atoms with Gasteiger partial charge in [-0.2, -0.15) is 0 Å². The number of hydrogen-bond acceptors (Lipinski definition) is 2. The molecule has 0 aliphatic carbocycles. The van der Waals surface area contributed by atoms with Crippen molar-refractivity contribution in [1.29, 1.82) is 0 Å². The van der Waals surface area contributed by atoms with Crippen molar-refractivity contribution in [2.24, 2.45) is 5.73 Å². The molecule has 0 amide bonds. The molecule has 0 spiro atoms. The molecule has 0 unspecified atom stereocenters. The third-order valence-electron chi connectivity index (χ3n) is 2.98. The minimum absolute atomic E-state index is 0.220. The molecule has 0 aliphatic heterocycles. The van der Waals surface area contributed by atoms with Crippen molar-refractivity contribution in [1.82, 2.24) is 0 Å². The molecule has 2 nitrogen and oxygen atoms in total. The molecular formula is C15H17FN2. The largest absolute Gasteiger partial charge is 0.342 e. The molecule has 2 aromatic carbocycles. The summed E-state index contributed by atoms with van der Waals surface area (Å²) in [5.74, 6) is -0.220. The molecule has 0 radical (unpaired) electrons. The molecule has 0 saturated heterocycles. The number of anilines is 2. The van der Waals surface area contributed by atoms with E-state index in [1.165, 1.54) is 6.07 Å². The van der Waals surface area contributed by atoms with Gasteiger partial charge in [-0.25, -0.2) is 4.39 Å². The molecule has 3 heteroatoms. The molecule has 94 valence electrons. The lowest BCUT2D eigenvalue weighted by Crippen LogP contribution is -2.14. The van der Waals surface area contributed by atoms with Crippen LogP contribution in [-0.2, 0) is 6.42 Å². The summed E-state index contributed by atoms with van der Waals surface area (Å²) in [7, 11) is 1.87. The number of benzene rings is 2. The summed E-state index contributed by atoms with van der Waals surface area (Å²) < 4.78 is 13.8. The number of nitrogens with two attached hydrogens (primary N) is 1. The second-order valence-corrected chi connectivity index (χ2v) is 4.18. The zero-order valence-electron chi connectivity index (χ0n) is 10.4. The summed E-state index contributed by atoms with van der Waals surface area (Å²) in [6.07, 6.45) is 0.787. The number of hydrogen-bond donors (Lipinski definition) is 1. The summed E-state index contributed by atoms with van der Waals surface area (Å²) >= 11 is 0. The Morgan fingerprint density at radius 3 is 2.28 bits per heavy atom. The first-order valence-electron chi connectivity index (χ1n) is 6.00. The molecule has 2 aromatic rings. The predicted molar refractivity (Wildman–Crippen MR) is 73.7 cm³/mol. The lowest BCUT2D eigenvalue weighted by molar-refractivity contribution is 0.627. The van der Waals surface area contributed by atoms with Gasteiger partial charge in [-0.3, -0.25) is 0 Å². The Morgan fingerprint density at radius 2 is 1.61 bits per heavy atom. The number of nitrogens with zero attached hydrogens (tertiary/aromatic N) is 1. The van der Waals surface area contributed by atoms with E-state index in [0.29, 0.717) is 12.2 Å². The fourth-order valence-corrected chi connectivity index (χ4v) is 2.06. The Morgan fingerprint density at radius 1 is 1.00 bits per heavy atom. The van der Waals surface area contributed by atoms with Gasteiger partial charge in [0.05, 0.1) is 5.69 Å². The van der Waals surface area contributed by atoms with Gasteiger partial charge in [0.2, 0.25) is 0 Å². The highest BCUT2D eigenvalue weighted by Crippen LogP contribution is 2.28. The molecule has 2 rings (SSSR count). The summed E-state index contributed by atoms with van der Waals surface area (Å²) in [6.45, 7) is 0.585. The molecule has 0 atom stereocenters. The van der Waals surface area contributed by atoms with Crippen LogP contribution in [0, 0.1) is 5.82 Å². The van der Waals surface area contributed by atoms with Gasteiger partial charge < -0.3 is 10.6 Å². The van der Waals surface area contributed by atoms with Crippen molar-refractivity contribution in [3.05, 3.63) is 59.9 Å². The van der Waals surface area contributed by atoms with Crippen LogP contribution in [0.4, 0.5) is 15.8 Å². The van der Waals surface area contributed by atoms with Gasteiger partial charge in [0, 0.05) is 12.7 Å². The van der Waals surface area contributed by atoms with Crippen LogP contribution in [0.1, 0.15) is 5.56 Å². The Hall–Kier alpha value is -1.87. The van der Waals surface area contributed by atoms with Crippen molar-refractivity contribution < 1.29 is 4.39 Å². The van der Waals surface area contributed by atoms with E-state index in [0.717, 1.165) is 17.7 Å². The zero-order chi connectivity index (χ0) is 13.0. The van der Waals surface area contributed by atoms with Crippen molar-refractivity contribution in [3.8, 4) is 0 Å². The molecule has 0 saturated carbocycles. The highest BCUT2D eigenvalue weighted by molar-refractivity contribution is 5.66. The molecule has 0 aliphatic rings. The first-order chi connectivity index (χ1) is 8.74. The summed E-state index contributed by atoms with van der Waals surface area (Å²) in [4.78, 5) is 1.86. The van der Waals surface area contributed by atoms with E-state index in [1.807, 2.05) is 42.3 Å². The number of halogens is 1. The zero-order valence-corrected chi connectivity index (χ0v) is 10.4. The molecule has 0 aromatic heterocycles. The SMILES string of the molecule is CN(c1ccccc1F)c1ccccc1CCN. The van der Waals surface area contributed by atoms with E-state index in [2.05, 4.69) is 0 Å². The molecule has 18 heavy (non-hydrogen) atoms. The first kappa shape index (κ1) is 12.6. The van der Waals surface area contributed by atoms with E-state index >= 15 is 0 Å². The van der Waals surface area contributed by atoms with Crippen LogP contribution in [-0.4, -0.2) is 13.6 Å². The van der Waals surface area contributed by atoms with Crippen molar-refractivity contribution >= 4 is 11.4 Å². The van der Waals surface area contributed by atoms with Crippen molar-refractivity contribution in [2.45, 2.75) is 6.42 Å². The lowest BCUT2D eigenvalue weighted by atomic mass is 10.1. The number of rotatable bonds is 4. The minimum Gasteiger partial charge on any atom is -0.342 e. The standard InChI is InChI=1S/C15H17FN2/c1-18(15-9-5-3-7-13(15)16)14-8-4-2-6-12(14)10-11-17/h2-9H,10-11,17H2,1H3. The summed E-state index contributed by atoms with van der Waals surface area (Å²) in [5, 5.41) is 0. The first-order valence-corrected chi connectivity index (χ1v) is 6.00. The average molecular weight is 244 g/mol. The lowest BCUT2D eigenvalue weighted by Gasteiger charge is -2.23. The minimum atomic E-state index is -0.220. The third kappa shape index (κ3) is 2.51. The van der Waals surface area contributed by atoms with Crippen LogP contribution in [0.5, 0.6) is 0 Å². The van der Waals surface area contributed by atoms with Gasteiger partial charge in [0.15, 0.2) is 0 Å². The Bertz CT molecular complexity index is 525. The topological polar surface area (TPSA) is 29.3 Å². The molecule has 2 N–H and O–H groups in total. The van der Waals surface area contributed by atoms with Gasteiger partial charge in [0.25, 0.3) is 0 Å². The van der Waals surface area contributed by atoms with Gasteiger partial charge in [-0.15, -0.1) is 0 Å². The second-order valence-electron chi connectivity index (χ2n) is 4.18. The molecule has 0 heterocycles. The van der Waals surface area contributed by atoms with Crippen LogP contribution in [0.15, 0.2) is 48.5 Å². The van der Waals surface area contributed by atoms with E-state index in [-0.39, 0.29) is 5.82 Å². The predicted octanol–water partition coefficient (Wildman–Crippen LogP) is 3.09. The van der Waals surface area contributed by atoms with Gasteiger partial charge >= 0.3 is 0 Å². The monoisotopic (exact) mass is 244 g/mol. The smallest absolute Gasteiger partial charge is 0.146 e. The van der Waals surface area contributed by atoms with Crippen molar-refractivity contribution in [3.63, 3.8) is 0 Å². The van der Waals surface area contributed by atoms with Gasteiger partial charge in [0.1, 0.15) is 5.82 Å². The highest BCUT2D eigenvalue weighted by atomic mass is 19.1. The molecule has 0 fully saturated rings. The highest BCUT2D eigenvalue weighted by Gasteiger charge is 2.11. The fourth-order valence-electron chi connectivity index (χ4n) is 2.06. The Balaban J connectivity index is 2.40. The molecular weight excluding hydrogens is 227 g/mol. The maximum absolute atomic E-state index is 13.8. The van der Waals surface area contributed by atoms with Crippen LogP contribution < -0.4 is 10.6 Å². The van der Waals surface area contributed by atoms with Crippen LogP contribution >= 0.6 is 0 Å². The third-order valence-corrected chi connectivity index (χ3v) is 2.98. The quantitative estimate of drug-likeness (QED) is 0.895. The maximum Gasteiger partial charge on any atom is 0.146 e. The fraction of sp³-hybridized carbons (Fsp3) is 0.200. The van der Waals surface area contributed by atoms with Crippen molar-refractivity contribution in [2.75, 3.05) is 18.5 Å². The second kappa shape index (κ2) is 5.65. The number of para-hydroxylation sites is 2. The van der Waals surface area contributed by atoms with Gasteiger partial charge in [-0.05, 0) is 36.7 Å². The van der Waals surface area contributed by atoms with Crippen LogP contribution in [0.25, 0.3) is 0 Å². The van der Waals surface area contributed by atoms with E-state index < -0.39 is 0 Å². The van der Waals surface area contributed by atoms with Crippen LogP contribution in [0.3, 0.4) is 0 Å². The maximum atomic E-state index is 13.8. The van der Waals surface area contributed by atoms with E-state index in [9.17, 15) is 4.39 Å². The molecule has 0 bridgehead atoms. The van der Waals surface area contributed by atoms with Gasteiger partial charge in [-0.1, -0.05) is 30.3 Å². The van der Waals surface area contributed by atoms with E-state index in [1.54, 1.807) is 12.1 Å². The Labute approximate surface area is 107 Å².